The van der Waals surface area contributed by atoms with Crippen molar-refractivity contribution in [1.82, 2.24) is 20.1 Å². The van der Waals surface area contributed by atoms with Gasteiger partial charge in [-0.2, -0.15) is 4.99 Å². The molecule has 2 atom stereocenters. The Bertz CT molecular complexity index is 1690. The molecule has 0 spiro atoms. The number of amides is 2. The number of aryl methyl sites for hydroxylation is 1. The van der Waals surface area contributed by atoms with E-state index in [1.54, 1.807) is 11.8 Å². The predicted molar refractivity (Wildman–Crippen MR) is 166 cm³/mol. The van der Waals surface area contributed by atoms with Crippen LogP contribution in [0.15, 0.2) is 78.0 Å². The number of carbonyl (C=O) groups excluding carboxylic acids is 1. The number of anilines is 1. The number of aliphatic imine (C=N–C) groups is 1. The summed E-state index contributed by atoms with van der Waals surface area (Å²) in [5.41, 5.74) is 5.99. The monoisotopic (exact) mass is 620 g/mol. The van der Waals surface area contributed by atoms with Crippen LogP contribution in [0.3, 0.4) is 0 Å². The number of thioether (sulfide) groups is 1. The van der Waals surface area contributed by atoms with Crippen LogP contribution in [0.2, 0.25) is 0 Å². The molecule has 0 bridgehead atoms. The fraction of sp³-hybridized carbons (Fsp3) is 0.312. The van der Waals surface area contributed by atoms with Crippen LogP contribution in [0.25, 0.3) is 17.1 Å². The lowest BCUT2D eigenvalue weighted by atomic mass is 9.99. The number of hydrogen-bond acceptors (Lipinski definition) is 5. The molecule has 2 aliphatic rings. The zero-order valence-corrected chi connectivity index (χ0v) is 25.2. The second-order valence-corrected chi connectivity index (χ2v) is 12.2. The number of urea groups is 1. The summed E-state index contributed by atoms with van der Waals surface area (Å²) in [6.07, 6.45) is -2.41. The Labute approximate surface area is 257 Å². The van der Waals surface area contributed by atoms with Crippen LogP contribution < -0.4 is 15.0 Å². The number of hydrogen-bond donors (Lipinski definition) is 1. The van der Waals surface area contributed by atoms with Gasteiger partial charge in [-0.1, -0.05) is 62.0 Å². The summed E-state index contributed by atoms with van der Waals surface area (Å²) in [7, 11) is 0. The Hall–Kier alpha value is -4.32. The van der Waals surface area contributed by atoms with Gasteiger partial charge in [0, 0.05) is 35.5 Å². The summed E-state index contributed by atoms with van der Waals surface area (Å²) in [6.45, 7) is 7.24. The number of carbonyl (C=O) groups is 1. The lowest BCUT2D eigenvalue weighted by Crippen LogP contribution is -2.29. The third-order valence-electron chi connectivity index (χ3n) is 7.60. The fourth-order valence-corrected chi connectivity index (χ4v) is 6.24. The molecule has 0 unspecified atom stereocenters. The molecule has 12 heteroatoms. The van der Waals surface area contributed by atoms with Crippen molar-refractivity contribution in [1.29, 1.82) is 0 Å². The van der Waals surface area contributed by atoms with Gasteiger partial charge in [0.1, 0.15) is 12.1 Å². The van der Waals surface area contributed by atoms with Crippen molar-refractivity contribution in [2.24, 2.45) is 4.99 Å². The van der Waals surface area contributed by atoms with Gasteiger partial charge in [-0.05, 0) is 66.3 Å². The molecule has 1 N–H and O–H groups in total. The maximum Gasteiger partial charge on any atom is 0.573 e. The molecular weight excluding hydrogens is 589 g/mol. The topological polar surface area (TPSA) is 84.6 Å². The van der Waals surface area contributed by atoms with Crippen LogP contribution >= 0.6 is 11.8 Å². The minimum atomic E-state index is -4.75. The highest BCUT2D eigenvalue weighted by Gasteiger charge is 2.40. The number of ether oxygens (including phenoxy) is 1. The molecule has 8 nitrogen and oxygen atoms in total. The fourth-order valence-electron chi connectivity index (χ4n) is 5.29. The highest BCUT2D eigenvalue weighted by molar-refractivity contribution is 8.14. The Kier molecular flexibility index (Phi) is 8.10. The number of aromatic nitrogens is 3. The van der Waals surface area contributed by atoms with E-state index in [4.69, 9.17) is 0 Å². The maximum absolute atomic E-state index is 12.9. The zero-order valence-electron chi connectivity index (χ0n) is 24.4. The molecule has 228 valence electrons. The van der Waals surface area contributed by atoms with Crippen molar-refractivity contribution in [3.63, 3.8) is 0 Å². The SMILES string of the molecule is Cc1ccc(C(C)C)c(N2CCSC2=NC(=O)N[C@@H]2C[C@H]2c2ccc(-c3ncn(-c4ccc(OC(F)(F)F)cc4)n3)cc2)c1. The zero-order chi connectivity index (χ0) is 31.0. The van der Waals surface area contributed by atoms with E-state index in [1.165, 1.54) is 46.4 Å². The molecule has 0 radical (unpaired) electrons. The first-order valence-electron chi connectivity index (χ1n) is 14.3. The van der Waals surface area contributed by atoms with Crippen LogP contribution in [-0.4, -0.2) is 50.7 Å². The van der Waals surface area contributed by atoms with Gasteiger partial charge in [-0.25, -0.2) is 14.5 Å². The lowest BCUT2D eigenvalue weighted by Gasteiger charge is -2.23. The number of nitrogens with zero attached hydrogens (tertiary/aromatic N) is 5. The molecule has 1 saturated heterocycles. The molecule has 3 aromatic carbocycles. The third-order valence-corrected chi connectivity index (χ3v) is 8.55. The Morgan fingerprint density at radius 3 is 2.55 bits per heavy atom. The van der Waals surface area contributed by atoms with Gasteiger partial charge in [0.2, 0.25) is 0 Å². The highest BCUT2D eigenvalue weighted by atomic mass is 32.2. The first kappa shape index (κ1) is 29.7. The van der Waals surface area contributed by atoms with Crippen LogP contribution in [0.1, 0.15) is 48.8 Å². The summed E-state index contributed by atoms with van der Waals surface area (Å²) in [6, 6.07) is 19.4. The van der Waals surface area contributed by atoms with E-state index in [2.05, 4.69) is 69.0 Å². The highest BCUT2D eigenvalue weighted by Crippen LogP contribution is 2.41. The van der Waals surface area contributed by atoms with E-state index in [-0.39, 0.29) is 23.7 Å². The molecule has 6 rings (SSSR count). The van der Waals surface area contributed by atoms with Gasteiger partial charge in [0.05, 0.1) is 5.69 Å². The first-order chi connectivity index (χ1) is 21.0. The minimum absolute atomic E-state index is 0.0179. The van der Waals surface area contributed by atoms with Crippen molar-refractivity contribution >= 4 is 28.6 Å². The van der Waals surface area contributed by atoms with E-state index < -0.39 is 6.36 Å². The van der Waals surface area contributed by atoms with Crippen LogP contribution in [0.4, 0.5) is 23.7 Å². The van der Waals surface area contributed by atoms with Crippen molar-refractivity contribution in [2.45, 2.75) is 51.4 Å². The van der Waals surface area contributed by atoms with Crippen LogP contribution in [0, 0.1) is 6.92 Å². The number of halogens is 3. The quantitative estimate of drug-likeness (QED) is 0.231. The van der Waals surface area contributed by atoms with Crippen molar-refractivity contribution in [3.05, 3.63) is 89.7 Å². The van der Waals surface area contributed by atoms with E-state index >= 15 is 0 Å². The summed E-state index contributed by atoms with van der Waals surface area (Å²) in [5.74, 6) is 1.62. The summed E-state index contributed by atoms with van der Waals surface area (Å²) < 4.78 is 42.7. The van der Waals surface area contributed by atoms with Crippen LogP contribution in [-0.2, 0) is 0 Å². The Morgan fingerprint density at radius 1 is 1.09 bits per heavy atom. The molecule has 2 amide bonds. The smallest absolute Gasteiger partial charge is 0.406 e. The molecule has 2 fully saturated rings. The molecule has 1 aromatic heterocycles. The second kappa shape index (κ2) is 12.0. The van der Waals surface area contributed by atoms with Gasteiger partial charge in [0.15, 0.2) is 11.0 Å². The van der Waals surface area contributed by atoms with Gasteiger partial charge < -0.3 is 15.0 Å². The molecule has 4 aromatic rings. The largest absolute Gasteiger partial charge is 0.573 e. The minimum Gasteiger partial charge on any atom is -0.406 e. The molecule has 1 aliphatic heterocycles. The van der Waals surface area contributed by atoms with Gasteiger partial charge in [0.25, 0.3) is 0 Å². The van der Waals surface area contributed by atoms with E-state index in [9.17, 15) is 18.0 Å². The molecule has 1 saturated carbocycles. The number of amidine groups is 1. The average Bonchev–Trinajstić information content (AvgIpc) is 3.33. The summed E-state index contributed by atoms with van der Waals surface area (Å²) in [5, 5.41) is 8.26. The van der Waals surface area contributed by atoms with E-state index in [0.29, 0.717) is 17.4 Å². The normalized spacial score (nSPS) is 19.1. The second-order valence-electron chi connectivity index (χ2n) is 11.2. The summed E-state index contributed by atoms with van der Waals surface area (Å²) >= 11 is 1.60. The Balaban J connectivity index is 1.07. The van der Waals surface area contributed by atoms with Crippen LogP contribution in [0.5, 0.6) is 5.75 Å². The molecular formula is C32H31F3N6O2S. The number of nitrogens with one attached hydrogen (secondary N) is 1. The van der Waals surface area contributed by atoms with E-state index in [1.807, 2.05) is 24.3 Å². The van der Waals surface area contributed by atoms with Crippen molar-refractivity contribution in [3.8, 4) is 22.8 Å². The number of rotatable bonds is 7. The van der Waals surface area contributed by atoms with E-state index in [0.717, 1.165) is 40.7 Å². The van der Waals surface area contributed by atoms with Gasteiger partial charge >= 0.3 is 12.4 Å². The molecule has 44 heavy (non-hydrogen) atoms. The number of alkyl halides is 3. The van der Waals surface area contributed by atoms with Crippen molar-refractivity contribution in [2.75, 3.05) is 17.2 Å². The molecule has 1 aliphatic carbocycles. The number of benzene rings is 3. The predicted octanol–water partition coefficient (Wildman–Crippen LogP) is 7.44. The third kappa shape index (κ3) is 6.75. The molecule has 2 heterocycles. The first-order valence-corrected chi connectivity index (χ1v) is 15.3. The average molecular weight is 621 g/mol. The lowest BCUT2D eigenvalue weighted by molar-refractivity contribution is -0.274. The summed E-state index contributed by atoms with van der Waals surface area (Å²) in [4.78, 5) is 23.9. The van der Waals surface area contributed by atoms with Crippen molar-refractivity contribution < 1.29 is 22.7 Å². The standard InChI is InChI=1S/C32H31F3N6O2S/c1-19(2)25-13-4-20(3)16-28(25)40-14-15-44-31(40)38-30(42)37-27-17-26(27)21-5-7-22(8-6-21)29-36-18-41(39-29)23-9-11-24(12-10-23)43-32(33,34)35/h4-13,16,18-19,26-27H,14-15,17H2,1-3H3,(H,37,42)/t26-,27+/m0/s1. The van der Waals surface area contributed by atoms with Gasteiger partial charge in [-0.15, -0.1) is 18.3 Å². The van der Waals surface area contributed by atoms with Gasteiger partial charge in [-0.3, -0.25) is 0 Å². The maximum atomic E-state index is 12.9. The Morgan fingerprint density at radius 2 is 1.84 bits per heavy atom.